The molecule has 1 heteroatoms. The monoisotopic (exact) mass is 212 g/mol. The fourth-order valence-electron chi connectivity index (χ4n) is 1.32. The van der Waals surface area contributed by atoms with Gasteiger partial charge < -0.3 is 0 Å². The van der Waals surface area contributed by atoms with Crippen LogP contribution in [0.5, 0.6) is 0 Å². The molecule has 1 heterocycles. The molecule has 0 saturated carbocycles. The Hall–Kier alpha value is 0.610. The summed E-state index contributed by atoms with van der Waals surface area (Å²) in [5.41, 5.74) is 0. The number of rotatable bonds is 2. The topological polar surface area (TPSA) is 0 Å². The molecular weight excluding hydrogens is 199 g/mol. The summed E-state index contributed by atoms with van der Waals surface area (Å²) in [7, 11) is 0. The summed E-state index contributed by atoms with van der Waals surface area (Å²) in [6, 6.07) is 0. The molecule has 0 spiro atoms. The van der Waals surface area contributed by atoms with Gasteiger partial charge in [-0.25, -0.2) is 0 Å². The van der Waals surface area contributed by atoms with Crippen LogP contribution in [0.1, 0.15) is 13.3 Å². The van der Waals surface area contributed by atoms with Crippen LogP contribution in [-0.2, 0) is 0 Å². The fourth-order valence-corrected chi connectivity index (χ4v) is 8.84. The maximum atomic E-state index is 2.40. The third-order valence-electron chi connectivity index (χ3n) is 1.80. The molecular formula is C7H13In. The van der Waals surface area contributed by atoms with E-state index in [0.717, 1.165) is 0 Å². The maximum absolute atomic E-state index is 2.40. The van der Waals surface area contributed by atoms with Crippen molar-refractivity contribution in [2.75, 3.05) is 0 Å². The molecule has 0 aliphatic carbocycles. The molecule has 1 aliphatic heterocycles. The zero-order valence-corrected chi connectivity index (χ0v) is 8.86. The van der Waals surface area contributed by atoms with Crippen LogP contribution in [0.4, 0.5) is 0 Å². The van der Waals surface area contributed by atoms with E-state index < -0.39 is 21.4 Å². The second kappa shape index (κ2) is 3.60. The van der Waals surface area contributed by atoms with Crippen molar-refractivity contribution in [2.45, 2.75) is 25.9 Å². The number of allylic oxidation sites excluding steroid dienone is 2. The van der Waals surface area contributed by atoms with E-state index in [4.69, 9.17) is 0 Å². The van der Waals surface area contributed by atoms with Crippen LogP contribution >= 0.6 is 0 Å². The van der Waals surface area contributed by atoms with E-state index in [2.05, 4.69) is 19.1 Å². The summed E-state index contributed by atoms with van der Waals surface area (Å²) in [6.45, 7) is 2.31. The van der Waals surface area contributed by atoms with E-state index in [1.54, 1.807) is 12.5 Å². The van der Waals surface area contributed by atoms with Gasteiger partial charge >= 0.3 is 59.5 Å². The number of hydrogen-bond donors (Lipinski definition) is 0. The van der Waals surface area contributed by atoms with Gasteiger partial charge in [0.05, 0.1) is 0 Å². The Morgan fingerprint density at radius 3 is 2.50 bits per heavy atom. The van der Waals surface area contributed by atoms with E-state index >= 15 is 0 Å². The van der Waals surface area contributed by atoms with E-state index in [0.29, 0.717) is 0 Å². The van der Waals surface area contributed by atoms with Crippen LogP contribution in [0.3, 0.4) is 0 Å². The Balaban J connectivity index is 2.10. The van der Waals surface area contributed by atoms with Crippen LogP contribution in [0.15, 0.2) is 12.2 Å². The molecule has 0 N–H and O–H groups in total. The van der Waals surface area contributed by atoms with Crippen molar-refractivity contribution in [3.05, 3.63) is 12.2 Å². The van der Waals surface area contributed by atoms with E-state index in [-0.39, 0.29) is 0 Å². The normalized spacial score (nSPS) is 17.9. The summed E-state index contributed by atoms with van der Waals surface area (Å²) in [4.78, 5) is 0. The van der Waals surface area contributed by atoms with E-state index in [9.17, 15) is 0 Å². The van der Waals surface area contributed by atoms with Gasteiger partial charge in [0.25, 0.3) is 0 Å². The van der Waals surface area contributed by atoms with Gasteiger partial charge in [-0.2, -0.15) is 0 Å². The van der Waals surface area contributed by atoms with Crippen LogP contribution in [0.2, 0.25) is 12.5 Å². The standard InChI is InChI=1S/C4H6.C3H7.In/c1-3-4-2;1-3-2;/h3-4H,1-2H2;1,3H2,2H3;. The summed E-state index contributed by atoms with van der Waals surface area (Å²) in [5.74, 6) is 0. The van der Waals surface area contributed by atoms with Crippen LogP contribution in [-0.4, -0.2) is 21.4 Å². The van der Waals surface area contributed by atoms with Gasteiger partial charge in [-0.3, -0.25) is 0 Å². The van der Waals surface area contributed by atoms with Crippen molar-refractivity contribution < 1.29 is 0 Å². The first-order chi connectivity index (χ1) is 3.93. The predicted octanol–water partition coefficient (Wildman–Crippen LogP) is 2.46. The zero-order chi connectivity index (χ0) is 5.82. The molecule has 44 valence electrons. The van der Waals surface area contributed by atoms with Crippen molar-refractivity contribution >= 4 is 21.4 Å². The Kier molecular flexibility index (Phi) is 3.03. The van der Waals surface area contributed by atoms with E-state index in [1.165, 1.54) is 6.42 Å². The molecule has 0 amide bonds. The molecule has 1 rings (SSSR count). The van der Waals surface area contributed by atoms with Crippen molar-refractivity contribution in [3.63, 3.8) is 0 Å². The predicted molar refractivity (Wildman–Crippen MR) is 39.6 cm³/mol. The number of hydrogen-bond acceptors (Lipinski definition) is 0. The van der Waals surface area contributed by atoms with Crippen LogP contribution in [0, 0.1) is 0 Å². The third-order valence-corrected chi connectivity index (χ3v) is 11.1. The molecule has 0 radical (unpaired) electrons. The SMILES string of the molecule is CC[CH2][In]1[CH2]C=C[CH2]1. The summed E-state index contributed by atoms with van der Waals surface area (Å²) in [6.07, 6.45) is 6.25. The van der Waals surface area contributed by atoms with Gasteiger partial charge in [0.15, 0.2) is 0 Å². The van der Waals surface area contributed by atoms with Gasteiger partial charge in [0, 0.05) is 0 Å². The molecule has 1 aliphatic rings. The van der Waals surface area contributed by atoms with Crippen molar-refractivity contribution in [3.8, 4) is 0 Å². The molecule has 0 fully saturated rings. The first kappa shape index (κ1) is 6.73. The molecule has 8 heavy (non-hydrogen) atoms. The van der Waals surface area contributed by atoms with Gasteiger partial charge in [0.2, 0.25) is 0 Å². The second-order valence-electron chi connectivity index (χ2n) is 2.60. The van der Waals surface area contributed by atoms with Crippen molar-refractivity contribution in [1.29, 1.82) is 0 Å². The van der Waals surface area contributed by atoms with Gasteiger partial charge in [-0.1, -0.05) is 0 Å². The second-order valence-corrected chi connectivity index (χ2v) is 11.9. The molecule has 0 nitrogen and oxygen atoms in total. The summed E-state index contributed by atoms with van der Waals surface area (Å²) in [5, 5.41) is 0. The first-order valence-corrected chi connectivity index (χ1v) is 10.6. The first-order valence-electron chi connectivity index (χ1n) is 3.58. The molecule has 0 aromatic heterocycles. The molecule has 0 aromatic carbocycles. The minimum atomic E-state index is -0.802. The Morgan fingerprint density at radius 2 is 2.00 bits per heavy atom. The molecule has 0 unspecified atom stereocenters. The van der Waals surface area contributed by atoms with Gasteiger partial charge in [-0.05, 0) is 0 Å². The summed E-state index contributed by atoms with van der Waals surface area (Å²) >= 11 is -0.802. The molecule has 0 atom stereocenters. The average molecular weight is 212 g/mol. The Morgan fingerprint density at radius 1 is 1.38 bits per heavy atom. The molecule has 0 aromatic rings. The Labute approximate surface area is 59.5 Å². The fraction of sp³-hybridized carbons (Fsp3) is 0.714. The van der Waals surface area contributed by atoms with Crippen LogP contribution < -0.4 is 0 Å². The Bertz CT molecular complexity index is 78.4. The third kappa shape index (κ3) is 1.85. The zero-order valence-electron chi connectivity index (χ0n) is 5.56. The molecule has 0 bridgehead atoms. The van der Waals surface area contributed by atoms with Crippen molar-refractivity contribution in [2.24, 2.45) is 0 Å². The van der Waals surface area contributed by atoms with Crippen molar-refractivity contribution in [1.82, 2.24) is 0 Å². The van der Waals surface area contributed by atoms with Crippen LogP contribution in [0.25, 0.3) is 0 Å². The minimum absolute atomic E-state index is 0.802. The van der Waals surface area contributed by atoms with E-state index in [1.807, 2.05) is 0 Å². The van der Waals surface area contributed by atoms with Gasteiger partial charge in [-0.15, -0.1) is 0 Å². The average Bonchev–Trinajstić information content (AvgIpc) is 2.19. The summed E-state index contributed by atoms with van der Waals surface area (Å²) < 4.78 is 4.74. The quantitative estimate of drug-likeness (QED) is 0.616. The van der Waals surface area contributed by atoms with Gasteiger partial charge in [0.1, 0.15) is 0 Å². The molecule has 0 saturated heterocycles.